The number of nitrogens with zero attached hydrogens (tertiary/aromatic N) is 1. The molecule has 2 aliphatic rings. The minimum absolute atomic E-state index is 0.0336. The Labute approximate surface area is 210 Å². The number of amides is 1. The first-order valence-corrected chi connectivity index (χ1v) is 13.5. The summed E-state index contributed by atoms with van der Waals surface area (Å²) >= 11 is 0. The molecule has 0 radical (unpaired) electrons. The second kappa shape index (κ2) is 13.5. The monoisotopic (exact) mass is 479 g/mol. The molecule has 190 valence electrons. The van der Waals surface area contributed by atoms with Gasteiger partial charge in [-0.1, -0.05) is 69.0 Å². The van der Waals surface area contributed by atoms with E-state index in [1.165, 1.54) is 19.3 Å². The Balaban J connectivity index is 1.75. The molecule has 3 unspecified atom stereocenters. The van der Waals surface area contributed by atoms with Gasteiger partial charge in [-0.05, 0) is 43.6 Å². The van der Waals surface area contributed by atoms with Gasteiger partial charge in [0.15, 0.2) is 11.6 Å². The Morgan fingerprint density at radius 1 is 1.09 bits per heavy atom. The molecule has 1 heterocycles. The van der Waals surface area contributed by atoms with E-state index >= 15 is 0 Å². The molecule has 1 aromatic carbocycles. The normalized spacial score (nSPS) is 21.5. The molecule has 0 N–H and O–H groups in total. The zero-order valence-electron chi connectivity index (χ0n) is 21.3. The van der Waals surface area contributed by atoms with Crippen LogP contribution in [0.1, 0.15) is 95.5 Å². The van der Waals surface area contributed by atoms with Crippen molar-refractivity contribution in [3.8, 4) is 0 Å². The maximum Gasteiger partial charge on any atom is 0.223 e. The van der Waals surface area contributed by atoms with Crippen LogP contribution in [0, 0.1) is 11.8 Å². The second-order valence-corrected chi connectivity index (χ2v) is 10.4. The molecular weight excluding hydrogens is 438 g/mol. The topological polar surface area (TPSA) is 71.5 Å². The number of ketones is 3. The van der Waals surface area contributed by atoms with Crippen LogP contribution in [0.5, 0.6) is 0 Å². The lowest BCUT2D eigenvalue weighted by atomic mass is 9.86. The highest BCUT2D eigenvalue weighted by Crippen LogP contribution is 2.35. The van der Waals surface area contributed by atoms with Crippen LogP contribution >= 0.6 is 0 Å². The first-order chi connectivity index (χ1) is 16.9. The third-order valence-electron chi connectivity index (χ3n) is 7.76. The summed E-state index contributed by atoms with van der Waals surface area (Å²) in [6.07, 6.45) is 10.3. The van der Waals surface area contributed by atoms with E-state index in [9.17, 15) is 19.2 Å². The third kappa shape index (κ3) is 7.46. The van der Waals surface area contributed by atoms with Crippen LogP contribution in [0.3, 0.4) is 0 Å². The lowest BCUT2D eigenvalue weighted by Gasteiger charge is -2.28. The van der Waals surface area contributed by atoms with Crippen molar-refractivity contribution in [3.63, 3.8) is 0 Å². The second-order valence-electron chi connectivity index (χ2n) is 10.4. The summed E-state index contributed by atoms with van der Waals surface area (Å²) in [4.78, 5) is 54.0. The number of hydrogen-bond donors (Lipinski definition) is 0. The fourth-order valence-electron chi connectivity index (χ4n) is 5.78. The van der Waals surface area contributed by atoms with Gasteiger partial charge in [0.25, 0.3) is 0 Å². The Morgan fingerprint density at radius 2 is 1.80 bits per heavy atom. The number of rotatable bonds is 13. The van der Waals surface area contributed by atoms with Gasteiger partial charge in [-0.3, -0.25) is 19.2 Å². The van der Waals surface area contributed by atoms with E-state index in [1.807, 2.05) is 25.1 Å². The van der Waals surface area contributed by atoms with Crippen molar-refractivity contribution in [3.05, 3.63) is 48.6 Å². The van der Waals surface area contributed by atoms with Crippen LogP contribution in [0.2, 0.25) is 0 Å². The molecule has 1 saturated heterocycles. The lowest BCUT2D eigenvalue weighted by Crippen LogP contribution is -2.42. The largest absolute Gasteiger partial charge is 0.332 e. The molecule has 5 nitrogen and oxygen atoms in total. The zero-order valence-corrected chi connectivity index (χ0v) is 21.3. The molecule has 1 amide bonds. The minimum atomic E-state index is -0.601. The van der Waals surface area contributed by atoms with Crippen molar-refractivity contribution < 1.29 is 19.2 Å². The van der Waals surface area contributed by atoms with E-state index in [0.717, 1.165) is 24.8 Å². The zero-order chi connectivity index (χ0) is 25.2. The molecule has 0 bridgehead atoms. The molecule has 3 rings (SSSR count). The van der Waals surface area contributed by atoms with Gasteiger partial charge in [0.05, 0.1) is 6.04 Å². The van der Waals surface area contributed by atoms with Crippen molar-refractivity contribution in [2.45, 2.75) is 95.9 Å². The van der Waals surface area contributed by atoms with Crippen molar-refractivity contribution in [2.24, 2.45) is 11.8 Å². The standard InChI is InChI=1S/C30H41NO4/c1-3-5-17-27(32)30(35)24(12-4-2)20-28(33)26-19-25(23-15-10-7-11-16-23)21-31(26)29(34)18-22-13-8-6-9-14-22/h3,7,10-11,15-16,22,24-26H,1,4-6,8-9,12-14,17-21H2,2H3. The van der Waals surface area contributed by atoms with Gasteiger partial charge in [-0.15, -0.1) is 6.58 Å². The first kappa shape index (κ1) is 27.0. The number of carbonyl (C=O) groups excluding carboxylic acids is 4. The molecule has 1 saturated carbocycles. The van der Waals surface area contributed by atoms with Gasteiger partial charge in [0, 0.05) is 37.6 Å². The average molecular weight is 480 g/mol. The Kier molecular flexibility index (Phi) is 10.4. The van der Waals surface area contributed by atoms with E-state index in [0.29, 0.717) is 38.1 Å². The predicted octanol–water partition coefficient (Wildman–Crippen LogP) is 5.82. The van der Waals surface area contributed by atoms with E-state index in [-0.39, 0.29) is 30.4 Å². The maximum absolute atomic E-state index is 13.6. The number of benzene rings is 1. The molecule has 1 aliphatic carbocycles. The highest BCUT2D eigenvalue weighted by atomic mass is 16.2. The summed E-state index contributed by atoms with van der Waals surface area (Å²) in [5, 5.41) is 0. The van der Waals surface area contributed by atoms with Crippen molar-refractivity contribution in [2.75, 3.05) is 6.54 Å². The number of likely N-dealkylation sites (tertiary alicyclic amines) is 1. The molecule has 1 aromatic rings. The van der Waals surface area contributed by atoms with Gasteiger partial charge in [-0.2, -0.15) is 0 Å². The van der Waals surface area contributed by atoms with Gasteiger partial charge >= 0.3 is 0 Å². The first-order valence-electron chi connectivity index (χ1n) is 13.5. The Bertz CT molecular complexity index is 887. The van der Waals surface area contributed by atoms with Crippen LogP contribution in [0.15, 0.2) is 43.0 Å². The molecule has 1 aliphatic heterocycles. The van der Waals surface area contributed by atoms with Crippen molar-refractivity contribution in [1.29, 1.82) is 0 Å². The summed E-state index contributed by atoms with van der Waals surface area (Å²) < 4.78 is 0. The van der Waals surface area contributed by atoms with Crippen LogP contribution in [0.4, 0.5) is 0 Å². The van der Waals surface area contributed by atoms with Crippen molar-refractivity contribution in [1.82, 2.24) is 4.90 Å². The predicted molar refractivity (Wildman–Crippen MR) is 138 cm³/mol. The number of hydrogen-bond acceptors (Lipinski definition) is 4. The SMILES string of the molecule is C=CCCC(=O)C(=O)C(CCC)CC(=O)C1CC(c2ccccc2)CN1C(=O)CC1CCCCC1. The molecule has 2 fully saturated rings. The van der Waals surface area contributed by atoms with E-state index < -0.39 is 23.5 Å². The number of Topliss-reactive ketones (excluding diaryl/α,β-unsaturated/α-hetero) is 3. The molecule has 3 atom stereocenters. The van der Waals surface area contributed by atoms with E-state index in [2.05, 4.69) is 18.7 Å². The molecule has 5 heteroatoms. The fourth-order valence-corrected chi connectivity index (χ4v) is 5.78. The van der Waals surface area contributed by atoms with Crippen LogP contribution < -0.4 is 0 Å². The summed E-state index contributed by atoms with van der Waals surface area (Å²) in [7, 11) is 0. The highest BCUT2D eigenvalue weighted by molar-refractivity contribution is 6.38. The third-order valence-corrected chi connectivity index (χ3v) is 7.76. The smallest absolute Gasteiger partial charge is 0.223 e. The summed E-state index contributed by atoms with van der Waals surface area (Å²) in [6, 6.07) is 9.54. The van der Waals surface area contributed by atoms with Crippen LogP contribution in [-0.2, 0) is 19.2 Å². The number of carbonyl (C=O) groups is 4. The summed E-state index contributed by atoms with van der Waals surface area (Å²) in [5.41, 5.74) is 1.14. The number of allylic oxidation sites excluding steroid dienone is 1. The lowest BCUT2D eigenvalue weighted by molar-refractivity contribution is -0.142. The van der Waals surface area contributed by atoms with Gasteiger partial charge < -0.3 is 4.90 Å². The summed E-state index contributed by atoms with van der Waals surface area (Å²) in [6.45, 7) is 6.11. The molecule has 35 heavy (non-hydrogen) atoms. The molecule has 0 spiro atoms. The van der Waals surface area contributed by atoms with Gasteiger partial charge in [0.2, 0.25) is 11.7 Å². The van der Waals surface area contributed by atoms with Crippen LogP contribution in [0.25, 0.3) is 0 Å². The fraction of sp³-hybridized carbons (Fsp3) is 0.600. The van der Waals surface area contributed by atoms with Gasteiger partial charge in [0.1, 0.15) is 0 Å². The summed E-state index contributed by atoms with van der Waals surface area (Å²) in [5.74, 6) is -0.974. The average Bonchev–Trinajstić information content (AvgIpc) is 3.34. The van der Waals surface area contributed by atoms with Crippen LogP contribution in [-0.4, -0.2) is 40.7 Å². The quantitative estimate of drug-likeness (QED) is 0.264. The Morgan fingerprint density at radius 3 is 2.46 bits per heavy atom. The highest BCUT2D eigenvalue weighted by Gasteiger charge is 2.41. The van der Waals surface area contributed by atoms with E-state index in [1.54, 1.807) is 11.0 Å². The molecule has 0 aromatic heterocycles. The van der Waals surface area contributed by atoms with E-state index in [4.69, 9.17) is 0 Å². The minimum Gasteiger partial charge on any atom is -0.332 e. The van der Waals surface area contributed by atoms with Crippen molar-refractivity contribution >= 4 is 23.3 Å². The maximum atomic E-state index is 13.6. The molecular formula is C30H41NO4. The Hall–Kier alpha value is -2.56. The van der Waals surface area contributed by atoms with Gasteiger partial charge in [-0.25, -0.2) is 0 Å².